The maximum Gasteiger partial charge on any atom is 0.194 e. The number of ether oxygens (including phenoxy) is 1. The van der Waals surface area contributed by atoms with Gasteiger partial charge in [0.15, 0.2) is 15.3 Å². The number of imidazole rings is 1. The Balaban J connectivity index is 2.02. The van der Waals surface area contributed by atoms with Gasteiger partial charge < -0.3 is 20.7 Å². The second-order valence-electron chi connectivity index (χ2n) is 4.32. The number of nitrogens with zero attached hydrogens (tertiary/aromatic N) is 4. The van der Waals surface area contributed by atoms with Gasteiger partial charge in [-0.2, -0.15) is 0 Å². The fourth-order valence-electron chi connectivity index (χ4n) is 2.17. The first-order valence-corrected chi connectivity index (χ1v) is 6.78. The van der Waals surface area contributed by atoms with Crippen LogP contribution in [0, 0.1) is 3.83 Å². The molecule has 3 atom stereocenters. The normalized spacial score (nSPS) is 27.2. The first-order valence-electron chi connectivity index (χ1n) is 5.70. The molecule has 8 nitrogen and oxygen atoms in total. The van der Waals surface area contributed by atoms with Gasteiger partial charge in [-0.05, 0) is 0 Å². The maximum absolute atomic E-state index is 9.76. The van der Waals surface area contributed by atoms with Crippen molar-refractivity contribution in [3.8, 4) is 0 Å². The van der Waals surface area contributed by atoms with Gasteiger partial charge in [-0.15, -0.1) is 0 Å². The van der Waals surface area contributed by atoms with E-state index < -0.39 is 18.4 Å². The number of aromatic nitrogens is 4. The molecule has 4 N–H and O–H groups in total. The number of halogens is 1. The van der Waals surface area contributed by atoms with Gasteiger partial charge in [0.2, 0.25) is 0 Å². The molecular weight excluding hydrogens is 365 g/mol. The van der Waals surface area contributed by atoms with Crippen molar-refractivity contribution < 1.29 is 14.9 Å². The summed E-state index contributed by atoms with van der Waals surface area (Å²) in [4.78, 5) is 12.5. The van der Waals surface area contributed by atoms with Crippen molar-refractivity contribution in [2.45, 2.75) is 24.9 Å². The van der Waals surface area contributed by atoms with E-state index in [0.717, 1.165) is 0 Å². The standard InChI is InChI=1S/C10H12IN5O3/c11-10-14-8(12)7-9(15-10)16(3-13-7)6-1-4(18)5(2-17)19-6/h3-6,17-18H,1-2H2,(H2,12,14,15)/t4?,5-,6-/m1/s1. The van der Waals surface area contributed by atoms with Crippen molar-refractivity contribution in [1.82, 2.24) is 19.5 Å². The number of hydrogen-bond donors (Lipinski definition) is 3. The molecule has 1 saturated heterocycles. The predicted octanol–water partition coefficient (Wildman–Crippen LogP) is -0.346. The van der Waals surface area contributed by atoms with E-state index >= 15 is 0 Å². The molecule has 3 rings (SSSR count). The van der Waals surface area contributed by atoms with Gasteiger partial charge in [0, 0.05) is 29.0 Å². The van der Waals surface area contributed by atoms with Crippen LogP contribution in [0.2, 0.25) is 0 Å². The van der Waals surface area contributed by atoms with Crippen LogP contribution in [0.25, 0.3) is 11.2 Å². The van der Waals surface area contributed by atoms with Gasteiger partial charge in [-0.25, -0.2) is 15.0 Å². The van der Waals surface area contributed by atoms with Crippen LogP contribution in [-0.4, -0.2) is 48.5 Å². The zero-order valence-electron chi connectivity index (χ0n) is 9.77. The average molecular weight is 377 g/mol. The maximum atomic E-state index is 9.76. The Labute approximate surface area is 121 Å². The van der Waals surface area contributed by atoms with Gasteiger partial charge in [0.05, 0.1) is 19.0 Å². The lowest BCUT2D eigenvalue weighted by Crippen LogP contribution is -2.24. The zero-order chi connectivity index (χ0) is 13.6. The topological polar surface area (TPSA) is 119 Å². The summed E-state index contributed by atoms with van der Waals surface area (Å²) in [7, 11) is 0. The van der Waals surface area contributed by atoms with Gasteiger partial charge >= 0.3 is 0 Å². The van der Waals surface area contributed by atoms with Gasteiger partial charge in [0.25, 0.3) is 0 Å². The molecule has 1 aliphatic heterocycles. The lowest BCUT2D eigenvalue weighted by Gasteiger charge is -2.13. The fraction of sp³-hybridized carbons (Fsp3) is 0.500. The molecule has 0 amide bonds. The van der Waals surface area contributed by atoms with Crippen LogP contribution in [0.5, 0.6) is 0 Å². The van der Waals surface area contributed by atoms with Crippen molar-refractivity contribution in [2.24, 2.45) is 0 Å². The van der Waals surface area contributed by atoms with E-state index in [9.17, 15) is 5.11 Å². The molecule has 0 aromatic carbocycles. The zero-order valence-corrected chi connectivity index (χ0v) is 11.9. The molecule has 0 saturated carbocycles. The van der Waals surface area contributed by atoms with Crippen molar-refractivity contribution in [1.29, 1.82) is 0 Å². The van der Waals surface area contributed by atoms with E-state index in [2.05, 4.69) is 15.0 Å². The van der Waals surface area contributed by atoms with Crippen LogP contribution >= 0.6 is 22.6 Å². The SMILES string of the molecule is Nc1nc(I)nc2c1ncn2[C@H]1CC(O)[C@@H](CO)O1. The Morgan fingerprint density at radius 2 is 2.32 bits per heavy atom. The largest absolute Gasteiger partial charge is 0.394 e. The molecule has 2 aromatic heterocycles. The fourth-order valence-corrected chi connectivity index (χ4v) is 2.66. The van der Waals surface area contributed by atoms with Gasteiger partial charge in [-0.1, -0.05) is 0 Å². The highest BCUT2D eigenvalue weighted by Crippen LogP contribution is 2.31. The lowest BCUT2D eigenvalue weighted by molar-refractivity contribution is -0.0432. The molecule has 0 aliphatic carbocycles. The first kappa shape index (κ1) is 13.0. The third-order valence-electron chi connectivity index (χ3n) is 3.12. The Morgan fingerprint density at radius 3 is 3.00 bits per heavy atom. The van der Waals surface area contributed by atoms with Crippen molar-refractivity contribution >= 4 is 39.6 Å². The van der Waals surface area contributed by atoms with E-state index in [1.54, 1.807) is 10.9 Å². The van der Waals surface area contributed by atoms with E-state index in [4.69, 9.17) is 15.6 Å². The molecule has 19 heavy (non-hydrogen) atoms. The number of hydrogen-bond acceptors (Lipinski definition) is 7. The highest BCUT2D eigenvalue weighted by molar-refractivity contribution is 14.1. The van der Waals surface area contributed by atoms with E-state index in [-0.39, 0.29) is 6.61 Å². The summed E-state index contributed by atoms with van der Waals surface area (Å²) in [6.45, 7) is -0.223. The summed E-state index contributed by atoms with van der Waals surface area (Å²) in [5.74, 6) is 0.311. The van der Waals surface area contributed by atoms with Crippen LogP contribution in [0.1, 0.15) is 12.6 Å². The molecule has 1 unspecified atom stereocenters. The van der Waals surface area contributed by atoms with Crippen molar-refractivity contribution in [2.75, 3.05) is 12.3 Å². The van der Waals surface area contributed by atoms with E-state index in [1.165, 1.54) is 0 Å². The first-order chi connectivity index (χ1) is 9.10. The Kier molecular flexibility index (Phi) is 3.28. The van der Waals surface area contributed by atoms with E-state index in [0.29, 0.717) is 27.2 Å². The smallest absolute Gasteiger partial charge is 0.194 e. The minimum absolute atomic E-state index is 0.223. The van der Waals surface area contributed by atoms with Crippen molar-refractivity contribution in [3.05, 3.63) is 10.2 Å². The highest BCUT2D eigenvalue weighted by atomic mass is 127. The van der Waals surface area contributed by atoms with Crippen LogP contribution in [-0.2, 0) is 4.74 Å². The Hall–Kier alpha value is -1.04. The van der Waals surface area contributed by atoms with Gasteiger partial charge in [-0.3, -0.25) is 4.57 Å². The second kappa shape index (κ2) is 4.81. The number of rotatable bonds is 2. The van der Waals surface area contributed by atoms with E-state index in [1.807, 2.05) is 22.6 Å². The summed E-state index contributed by atoms with van der Waals surface area (Å²) in [6, 6.07) is 0. The summed E-state index contributed by atoms with van der Waals surface area (Å²) in [5.41, 5.74) is 6.86. The Morgan fingerprint density at radius 1 is 1.53 bits per heavy atom. The number of nitrogen functional groups attached to an aromatic ring is 1. The summed E-state index contributed by atoms with van der Waals surface area (Å²) >= 11 is 1.97. The number of fused-ring (bicyclic) bond motifs is 1. The molecule has 1 fully saturated rings. The number of aliphatic hydroxyl groups excluding tert-OH is 2. The molecule has 2 aromatic rings. The average Bonchev–Trinajstić information content (AvgIpc) is 2.92. The summed E-state index contributed by atoms with van der Waals surface area (Å²) < 4.78 is 7.79. The predicted molar refractivity (Wildman–Crippen MR) is 74.1 cm³/mol. The number of aliphatic hydroxyl groups is 2. The molecule has 0 spiro atoms. The van der Waals surface area contributed by atoms with Gasteiger partial charge in [0.1, 0.15) is 17.8 Å². The van der Waals surface area contributed by atoms with Crippen LogP contribution in [0.4, 0.5) is 5.82 Å². The lowest BCUT2D eigenvalue weighted by atomic mass is 10.2. The monoisotopic (exact) mass is 377 g/mol. The molecule has 9 heteroatoms. The quantitative estimate of drug-likeness (QED) is 0.484. The number of nitrogens with two attached hydrogens (primary N) is 1. The molecule has 1 aliphatic rings. The summed E-state index contributed by atoms with van der Waals surface area (Å²) in [6.07, 6.45) is 0.230. The third kappa shape index (κ3) is 2.16. The minimum atomic E-state index is -0.703. The highest BCUT2D eigenvalue weighted by Gasteiger charge is 2.35. The van der Waals surface area contributed by atoms with Crippen molar-refractivity contribution in [3.63, 3.8) is 0 Å². The molecule has 102 valence electrons. The van der Waals surface area contributed by atoms with Crippen LogP contribution < -0.4 is 5.73 Å². The molecule has 0 radical (unpaired) electrons. The van der Waals surface area contributed by atoms with Crippen LogP contribution in [0.3, 0.4) is 0 Å². The molecular formula is C10H12IN5O3. The second-order valence-corrected chi connectivity index (χ2v) is 5.28. The van der Waals surface area contributed by atoms with Crippen LogP contribution in [0.15, 0.2) is 6.33 Å². The number of anilines is 1. The molecule has 0 bridgehead atoms. The minimum Gasteiger partial charge on any atom is -0.394 e. The molecule has 3 heterocycles. The summed E-state index contributed by atoms with van der Waals surface area (Å²) in [5, 5.41) is 18.9. The third-order valence-corrected chi connectivity index (χ3v) is 3.60. The Bertz CT molecular complexity index is 618.